The Kier molecular flexibility index (Phi) is 4.25. The number of likely N-dealkylation sites (tertiary alicyclic amines) is 1. The van der Waals surface area contributed by atoms with E-state index in [0.717, 1.165) is 23.8 Å². The maximum absolute atomic E-state index is 3.68. The average Bonchev–Trinajstić information content (AvgIpc) is 3.20. The van der Waals surface area contributed by atoms with Crippen LogP contribution in [-0.2, 0) is 0 Å². The van der Waals surface area contributed by atoms with Crippen LogP contribution >= 0.6 is 0 Å². The summed E-state index contributed by atoms with van der Waals surface area (Å²) in [5.74, 6) is 2.94. The maximum Gasteiger partial charge on any atom is 0.00683 e. The number of hydrogen-bond acceptors (Lipinski definition) is 2. The molecule has 0 aromatic heterocycles. The molecule has 2 aliphatic carbocycles. The zero-order valence-corrected chi connectivity index (χ0v) is 12.0. The van der Waals surface area contributed by atoms with E-state index in [1.807, 2.05) is 0 Å². The van der Waals surface area contributed by atoms with Crippen LogP contribution in [0.25, 0.3) is 0 Å². The lowest BCUT2D eigenvalue weighted by Crippen LogP contribution is -2.44. The van der Waals surface area contributed by atoms with Gasteiger partial charge < -0.3 is 10.2 Å². The highest BCUT2D eigenvalue weighted by atomic mass is 15.1. The fourth-order valence-corrected chi connectivity index (χ4v) is 4.00. The fraction of sp³-hybridized carbons (Fsp3) is 1.00. The lowest BCUT2D eigenvalue weighted by molar-refractivity contribution is 0.0773. The van der Waals surface area contributed by atoms with Crippen molar-refractivity contribution in [1.82, 2.24) is 10.2 Å². The summed E-state index contributed by atoms with van der Waals surface area (Å²) in [7, 11) is 0. The van der Waals surface area contributed by atoms with Crippen molar-refractivity contribution in [2.45, 2.75) is 57.9 Å². The summed E-state index contributed by atoms with van der Waals surface area (Å²) >= 11 is 0. The standard InChI is InChI=1S/C16H30N2/c1-13(10-17-16-6-7-16)11-18-9-8-14-4-2-3-5-15(14)12-18/h13-17H,2-12H2,1H3. The van der Waals surface area contributed by atoms with Gasteiger partial charge in [-0.25, -0.2) is 0 Å². The first-order chi connectivity index (χ1) is 8.81. The van der Waals surface area contributed by atoms with Crippen LogP contribution in [0, 0.1) is 17.8 Å². The average molecular weight is 250 g/mol. The zero-order chi connectivity index (χ0) is 12.4. The molecule has 0 aromatic rings. The monoisotopic (exact) mass is 250 g/mol. The molecule has 3 atom stereocenters. The smallest absolute Gasteiger partial charge is 0.00683 e. The highest BCUT2D eigenvalue weighted by molar-refractivity contribution is 4.85. The number of nitrogens with zero attached hydrogens (tertiary/aromatic N) is 1. The third-order valence-electron chi connectivity index (χ3n) is 5.28. The third-order valence-corrected chi connectivity index (χ3v) is 5.28. The Bertz CT molecular complexity index is 262. The van der Waals surface area contributed by atoms with Crippen molar-refractivity contribution >= 4 is 0 Å². The van der Waals surface area contributed by atoms with Gasteiger partial charge in [0.25, 0.3) is 0 Å². The van der Waals surface area contributed by atoms with Gasteiger partial charge >= 0.3 is 0 Å². The second kappa shape index (κ2) is 5.92. The fourth-order valence-electron chi connectivity index (χ4n) is 4.00. The van der Waals surface area contributed by atoms with Crippen LogP contribution in [0.15, 0.2) is 0 Å². The molecule has 0 bridgehead atoms. The lowest BCUT2D eigenvalue weighted by Gasteiger charge is -2.42. The zero-order valence-electron chi connectivity index (χ0n) is 12.0. The first kappa shape index (κ1) is 12.9. The van der Waals surface area contributed by atoms with E-state index >= 15 is 0 Å². The van der Waals surface area contributed by atoms with Crippen molar-refractivity contribution in [3.05, 3.63) is 0 Å². The first-order valence-electron chi connectivity index (χ1n) is 8.27. The molecule has 1 heterocycles. The van der Waals surface area contributed by atoms with Gasteiger partial charge in [-0.1, -0.05) is 26.2 Å². The van der Waals surface area contributed by atoms with Gasteiger partial charge in [-0.2, -0.15) is 0 Å². The Morgan fingerprint density at radius 2 is 1.83 bits per heavy atom. The van der Waals surface area contributed by atoms with Gasteiger partial charge in [-0.3, -0.25) is 0 Å². The van der Waals surface area contributed by atoms with Gasteiger partial charge in [0, 0.05) is 19.1 Å². The Morgan fingerprint density at radius 1 is 1.06 bits per heavy atom. The SMILES string of the molecule is CC(CNC1CC1)CN1CCC2CCCCC2C1. The van der Waals surface area contributed by atoms with E-state index in [0.29, 0.717) is 0 Å². The largest absolute Gasteiger partial charge is 0.314 e. The molecule has 3 unspecified atom stereocenters. The van der Waals surface area contributed by atoms with Gasteiger partial charge in [0.15, 0.2) is 0 Å². The maximum atomic E-state index is 3.68. The number of rotatable bonds is 5. The van der Waals surface area contributed by atoms with Crippen LogP contribution in [-0.4, -0.2) is 37.1 Å². The highest BCUT2D eigenvalue weighted by Crippen LogP contribution is 2.36. The summed E-state index contributed by atoms with van der Waals surface area (Å²) in [6, 6.07) is 0.872. The Labute approximate surface area is 113 Å². The number of piperidine rings is 1. The molecule has 104 valence electrons. The highest BCUT2D eigenvalue weighted by Gasteiger charge is 2.31. The Hall–Kier alpha value is -0.0800. The minimum Gasteiger partial charge on any atom is -0.314 e. The van der Waals surface area contributed by atoms with E-state index in [4.69, 9.17) is 0 Å². The van der Waals surface area contributed by atoms with Crippen LogP contribution in [0.4, 0.5) is 0 Å². The number of hydrogen-bond donors (Lipinski definition) is 1. The molecule has 2 saturated carbocycles. The van der Waals surface area contributed by atoms with E-state index in [9.17, 15) is 0 Å². The van der Waals surface area contributed by atoms with Crippen molar-refractivity contribution in [3.8, 4) is 0 Å². The second-order valence-corrected chi connectivity index (χ2v) is 7.14. The van der Waals surface area contributed by atoms with E-state index in [1.54, 1.807) is 0 Å². The normalized spacial score (nSPS) is 35.2. The van der Waals surface area contributed by atoms with Crippen molar-refractivity contribution in [3.63, 3.8) is 0 Å². The second-order valence-electron chi connectivity index (χ2n) is 7.14. The van der Waals surface area contributed by atoms with E-state index < -0.39 is 0 Å². The third kappa shape index (κ3) is 3.48. The van der Waals surface area contributed by atoms with Crippen LogP contribution in [0.2, 0.25) is 0 Å². The molecule has 1 N–H and O–H groups in total. The number of fused-ring (bicyclic) bond motifs is 1. The van der Waals surface area contributed by atoms with Crippen LogP contribution in [0.3, 0.4) is 0 Å². The predicted octanol–water partition coefficient (Wildman–Crippen LogP) is 2.89. The Balaban J connectivity index is 1.39. The molecule has 0 amide bonds. The molecule has 0 radical (unpaired) electrons. The summed E-state index contributed by atoms with van der Waals surface area (Å²) in [5, 5.41) is 3.68. The molecule has 3 fully saturated rings. The van der Waals surface area contributed by atoms with Crippen LogP contribution < -0.4 is 5.32 Å². The molecule has 1 saturated heterocycles. The quantitative estimate of drug-likeness (QED) is 0.807. The molecular formula is C16H30N2. The summed E-state index contributed by atoms with van der Waals surface area (Å²) in [4.78, 5) is 2.76. The van der Waals surface area contributed by atoms with Gasteiger partial charge in [0.1, 0.15) is 0 Å². The first-order valence-corrected chi connectivity index (χ1v) is 8.27. The molecule has 2 heteroatoms. The molecule has 18 heavy (non-hydrogen) atoms. The molecule has 3 rings (SSSR count). The number of nitrogens with one attached hydrogen (secondary N) is 1. The molecular weight excluding hydrogens is 220 g/mol. The van der Waals surface area contributed by atoms with Crippen molar-refractivity contribution in [2.75, 3.05) is 26.2 Å². The minimum absolute atomic E-state index is 0.825. The molecule has 0 spiro atoms. The molecule has 1 aliphatic heterocycles. The summed E-state index contributed by atoms with van der Waals surface area (Å²) in [6.07, 6.45) is 10.3. The van der Waals surface area contributed by atoms with Crippen molar-refractivity contribution in [1.29, 1.82) is 0 Å². The molecule has 0 aromatic carbocycles. The van der Waals surface area contributed by atoms with E-state index in [1.165, 1.54) is 71.1 Å². The van der Waals surface area contributed by atoms with Crippen LogP contribution in [0.1, 0.15) is 51.9 Å². The predicted molar refractivity (Wildman–Crippen MR) is 76.7 cm³/mol. The topological polar surface area (TPSA) is 15.3 Å². The van der Waals surface area contributed by atoms with Gasteiger partial charge in [0.2, 0.25) is 0 Å². The van der Waals surface area contributed by atoms with Crippen molar-refractivity contribution < 1.29 is 0 Å². The Morgan fingerprint density at radius 3 is 2.61 bits per heavy atom. The van der Waals surface area contributed by atoms with Gasteiger partial charge in [-0.15, -0.1) is 0 Å². The van der Waals surface area contributed by atoms with E-state index in [2.05, 4.69) is 17.1 Å². The van der Waals surface area contributed by atoms with Gasteiger partial charge in [0.05, 0.1) is 0 Å². The summed E-state index contributed by atoms with van der Waals surface area (Å²) in [5.41, 5.74) is 0. The minimum atomic E-state index is 0.825. The molecule has 2 nitrogen and oxygen atoms in total. The summed E-state index contributed by atoms with van der Waals surface area (Å²) in [6.45, 7) is 7.74. The van der Waals surface area contributed by atoms with Crippen LogP contribution in [0.5, 0.6) is 0 Å². The van der Waals surface area contributed by atoms with Gasteiger partial charge in [-0.05, 0) is 56.5 Å². The van der Waals surface area contributed by atoms with E-state index in [-0.39, 0.29) is 0 Å². The summed E-state index contributed by atoms with van der Waals surface area (Å²) < 4.78 is 0. The molecule has 3 aliphatic rings. The van der Waals surface area contributed by atoms with Crippen molar-refractivity contribution in [2.24, 2.45) is 17.8 Å². The lowest BCUT2D eigenvalue weighted by atomic mass is 9.75.